The fourth-order valence-electron chi connectivity index (χ4n) is 1.96. The molecular weight excluding hydrogens is 296 g/mol. The van der Waals surface area contributed by atoms with E-state index < -0.39 is 11.2 Å². The summed E-state index contributed by atoms with van der Waals surface area (Å²) in [4.78, 5) is 25.7. The Labute approximate surface area is 140 Å². The van der Waals surface area contributed by atoms with Crippen molar-refractivity contribution in [3.63, 3.8) is 0 Å². The first-order valence-electron chi connectivity index (χ1n) is 8.42. The summed E-state index contributed by atoms with van der Waals surface area (Å²) in [6.07, 6.45) is 0.183. The predicted octanol–water partition coefficient (Wildman–Crippen LogP) is 2.95. The molecule has 0 spiro atoms. The average Bonchev–Trinajstić information content (AvgIpc) is 2.62. The van der Waals surface area contributed by atoms with Crippen LogP contribution in [0.3, 0.4) is 0 Å². The first-order valence-corrected chi connectivity index (χ1v) is 8.42. The fourth-order valence-corrected chi connectivity index (χ4v) is 1.96. The van der Waals surface area contributed by atoms with Gasteiger partial charge in [-0.2, -0.15) is 0 Å². The summed E-state index contributed by atoms with van der Waals surface area (Å²) < 4.78 is 10.7. The molecule has 136 valence electrons. The smallest absolute Gasteiger partial charge is 0.410 e. The molecule has 1 aliphatic heterocycles. The first-order chi connectivity index (χ1) is 10.5. The molecule has 0 aromatic carbocycles. The lowest BCUT2D eigenvalue weighted by Gasteiger charge is -2.26. The molecule has 1 saturated heterocycles. The van der Waals surface area contributed by atoms with Gasteiger partial charge in [-0.3, -0.25) is 4.79 Å². The molecule has 0 bridgehead atoms. The lowest BCUT2D eigenvalue weighted by molar-refractivity contribution is -0.157. The molecule has 0 aliphatic carbocycles. The third-order valence-electron chi connectivity index (χ3n) is 2.80. The van der Waals surface area contributed by atoms with Gasteiger partial charge in [0.15, 0.2) is 0 Å². The average molecular weight is 330 g/mol. The Balaban J connectivity index is 0.00000232. The number of ether oxygens (including phenoxy) is 2. The second-order valence-corrected chi connectivity index (χ2v) is 7.30. The first kappa shape index (κ1) is 21.7. The highest BCUT2D eigenvalue weighted by atomic mass is 16.6. The summed E-state index contributed by atoms with van der Waals surface area (Å²) in [5, 5.41) is 3.13. The number of nitrogens with zero attached hydrogens (tertiary/aromatic N) is 1. The highest BCUT2D eigenvalue weighted by molar-refractivity contribution is 5.76. The van der Waals surface area contributed by atoms with Crippen LogP contribution < -0.4 is 5.32 Å². The van der Waals surface area contributed by atoms with Crippen molar-refractivity contribution in [3.8, 4) is 0 Å². The minimum atomic E-state index is -0.513. The van der Waals surface area contributed by atoms with Crippen molar-refractivity contribution in [3.05, 3.63) is 0 Å². The Morgan fingerprint density at radius 3 is 1.96 bits per heavy atom. The van der Waals surface area contributed by atoms with Crippen molar-refractivity contribution < 1.29 is 19.1 Å². The van der Waals surface area contributed by atoms with Gasteiger partial charge in [-0.05, 0) is 48.0 Å². The van der Waals surface area contributed by atoms with Crippen LogP contribution in [0.4, 0.5) is 4.79 Å². The SMILES string of the molecule is CC.CC(C)(C)OC(=O)C1CCN(C(=O)OC(C)(C)C)CCN1. The van der Waals surface area contributed by atoms with Crippen LogP contribution in [0.25, 0.3) is 0 Å². The van der Waals surface area contributed by atoms with Crippen LogP contribution in [0.2, 0.25) is 0 Å². The van der Waals surface area contributed by atoms with Crippen LogP contribution in [0, 0.1) is 0 Å². The van der Waals surface area contributed by atoms with E-state index in [-0.39, 0.29) is 18.1 Å². The largest absolute Gasteiger partial charge is 0.459 e. The quantitative estimate of drug-likeness (QED) is 0.749. The van der Waals surface area contributed by atoms with Gasteiger partial charge in [0.05, 0.1) is 0 Å². The molecule has 1 aliphatic rings. The van der Waals surface area contributed by atoms with E-state index in [1.165, 1.54) is 0 Å². The normalized spacial score (nSPS) is 19.1. The van der Waals surface area contributed by atoms with Crippen molar-refractivity contribution in [2.45, 2.75) is 79.1 Å². The van der Waals surface area contributed by atoms with E-state index in [9.17, 15) is 9.59 Å². The standard InChI is InChI=1S/C15H28N2O4.C2H6/c1-14(2,3)20-12(18)11-7-9-17(10-8-16-11)13(19)21-15(4,5)6;1-2/h11,16H,7-10H2,1-6H3;1-2H3. The summed E-state index contributed by atoms with van der Waals surface area (Å²) in [5.41, 5.74) is -1.02. The molecule has 0 saturated carbocycles. The van der Waals surface area contributed by atoms with Crippen molar-refractivity contribution in [2.24, 2.45) is 0 Å². The van der Waals surface area contributed by atoms with E-state index in [1.54, 1.807) is 4.90 Å². The Morgan fingerprint density at radius 2 is 1.48 bits per heavy atom. The van der Waals surface area contributed by atoms with Crippen molar-refractivity contribution in [2.75, 3.05) is 19.6 Å². The molecule has 6 nitrogen and oxygen atoms in total. The van der Waals surface area contributed by atoms with Gasteiger partial charge in [-0.15, -0.1) is 0 Å². The number of nitrogens with one attached hydrogen (secondary N) is 1. The van der Waals surface area contributed by atoms with Crippen LogP contribution in [0.15, 0.2) is 0 Å². The molecule has 1 unspecified atom stereocenters. The second kappa shape index (κ2) is 9.11. The molecule has 1 heterocycles. The summed E-state index contributed by atoms with van der Waals surface area (Å²) in [6.45, 7) is 16.6. The van der Waals surface area contributed by atoms with Gasteiger partial charge in [0, 0.05) is 19.6 Å². The fraction of sp³-hybridized carbons (Fsp3) is 0.882. The van der Waals surface area contributed by atoms with Crippen LogP contribution in [0.1, 0.15) is 61.8 Å². The minimum Gasteiger partial charge on any atom is -0.459 e. The Hall–Kier alpha value is -1.30. The highest BCUT2D eigenvalue weighted by Gasteiger charge is 2.30. The molecule has 23 heavy (non-hydrogen) atoms. The number of carbonyl (C=O) groups is 2. The maximum Gasteiger partial charge on any atom is 0.410 e. The number of hydrogen-bond donors (Lipinski definition) is 1. The maximum atomic E-state index is 12.1. The van der Waals surface area contributed by atoms with E-state index in [2.05, 4.69) is 5.32 Å². The van der Waals surface area contributed by atoms with Crippen molar-refractivity contribution in [1.29, 1.82) is 0 Å². The van der Waals surface area contributed by atoms with E-state index in [4.69, 9.17) is 9.47 Å². The van der Waals surface area contributed by atoms with E-state index in [0.717, 1.165) is 0 Å². The van der Waals surface area contributed by atoms with Gasteiger partial charge in [-0.1, -0.05) is 13.8 Å². The monoisotopic (exact) mass is 330 g/mol. The van der Waals surface area contributed by atoms with Crippen LogP contribution >= 0.6 is 0 Å². The van der Waals surface area contributed by atoms with Gasteiger partial charge < -0.3 is 19.7 Å². The Morgan fingerprint density at radius 1 is 0.957 bits per heavy atom. The van der Waals surface area contributed by atoms with Crippen molar-refractivity contribution >= 4 is 12.1 Å². The zero-order valence-corrected chi connectivity index (χ0v) is 16.0. The molecule has 1 rings (SSSR count). The van der Waals surface area contributed by atoms with E-state index in [0.29, 0.717) is 26.1 Å². The Bertz CT molecular complexity index is 347. The maximum absolute atomic E-state index is 12.1. The van der Waals surface area contributed by atoms with Gasteiger partial charge in [0.1, 0.15) is 17.2 Å². The molecule has 1 fully saturated rings. The van der Waals surface area contributed by atoms with Crippen LogP contribution in [0.5, 0.6) is 0 Å². The van der Waals surface area contributed by atoms with E-state index >= 15 is 0 Å². The summed E-state index contributed by atoms with van der Waals surface area (Å²) >= 11 is 0. The number of hydrogen-bond acceptors (Lipinski definition) is 5. The molecular formula is C17H34N2O4. The number of amides is 1. The zero-order valence-electron chi connectivity index (χ0n) is 16.0. The minimum absolute atomic E-state index is 0.270. The third-order valence-corrected chi connectivity index (χ3v) is 2.80. The molecule has 1 N–H and O–H groups in total. The molecule has 0 aromatic heterocycles. The van der Waals surface area contributed by atoms with Crippen LogP contribution in [-0.2, 0) is 14.3 Å². The topological polar surface area (TPSA) is 67.9 Å². The predicted molar refractivity (Wildman–Crippen MR) is 91.4 cm³/mol. The zero-order chi connectivity index (χ0) is 18.3. The summed E-state index contributed by atoms with van der Waals surface area (Å²) in [5.74, 6) is -0.270. The second-order valence-electron chi connectivity index (χ2n) is 7.30. The third kappa shape index (κ3) is 9.43. The number of rotatable bonds is 1. The molecule has 1 atom stereocenters. The van der Waals surface area contributed by atoms with Gasteiger partial charge in [0.25, 0.3) is 0 Å². The van der Waals surface area contributed by atoms with Crippen molar-refractivity contribution in [1.82, 2.24) is 10.2 Å². The molecule has 6 heteroatoms. The summed E-state index contributed by atoms with van der Waals surface area (Å²) in [7, 11) is 0. The van der Waals surface area contributed by atoms with Gasteiger partial charge in [0.2, 0.25) is 0 Å². The lowest BCUT2D eigenvalue weighted by Crippen LogP contribution is -2.41. The van der Waals surface area contributed by atoms with Gasteiger partial charge >= 0.3 is 12.1 Å². The Kier molecular flexibility index (Phi) is 8.59. The molecule has 0 radical (unpaired) electrons. The molecule has 0 aromatic rings. The number of carbonyl (C=O) groups excluding carboxylic acids is 2. The highest BCUT2D eigenvalue weighted by Crippen LogP contribution is 2.14. The lowest BCUT2D eigenvalue weighted by atomic mass is 10.1. The van der Waals surface area contributed by atoms with Crippen LogP contribution in [-0.4, -0.2) is 53.8 Å². The molecule has 1 amide bonds. The summed E-state index contributed by atoms with van der Waals surface area (Å²) in [6, 6.07) is -0.378. The van der Waals surface area contributed by atoms with Gasteiger partial charge in [-0.25, -0.2) is 4.79 Å². The number of esters is 1. The van der Waals surface area contributed by atoms with E-state index in [1.807, 2.05) is 55.4 Å².